The first-order chi connectivity index (χ1) is 12.2. The zero-order valence-corrected chi connectivity index (χ0v) is 16.2. The van der Waals surface area contributed by atoms with Crippen molar-refractivity contribution in [1.82, 2.24) is 4.31 Å². The number of aryl methyl sites for hydroxylation is 1. The van der Waals surface area contributed by atoms with Gasteiger partial charge in [-0.1, -0.05) is 6.07 Å². The van der Waals surface area contributed by atoms with Crippen LogP contribution in [0.25, 0.3) is 0 Å². The molecule has 0 saturated heterocycles. The summed E-state index contributed by atoms with van der Waals surface area (Å²) < 4.78 is 90.4. The van der Waals surface area contributed by atoms with Gasteiger partial charge in [0, 0.05) is 14.1 Å². The summed E-state index contributed by atoms with van der Waals surface area (Å²) in [5.41, 5.74) is -0.516. The lowest BCUT2D eigenvalue weighted by Crippen LogP contribution is -2.22. The van der Waals surface area contributed by atoms with Crippen LogP contribution in [0.2, 0.25) is 0 Å². The van der Waals surface area contributed by atoms with Gasteiger partial charge in [0.2, 0.25) is 10.0 Å². The maximum atomic E-state index is 12.6. The molecule has 0 spiro atoms. The lowest BCUT2D eigenvalue weighted by atomic mass is 10.2. The van der Waals surface area contributed by atoms with E-state index in [1.165, 1.54) is 26.2 Å². The maximum Gasteiger partial charge on any atom is 0.416 e. The Labute approximate surface area is 155 Å². The molecular weight excluding hydrogens is 405 g/mol. The number of alkyl halides is 3. The first kappa shape index (κ1) is 21.2. The van der Waals surface area contributed by atoms with Crippen molar-refractivity contribution >= 4 is 25.7 Å². The summed E-state index contributed by atoms with van der Waals surface area (Å²) in [4.78, 5) is -0.501. The van der Waals surface area contributed by atoms with Crippen molar-refractivity contribution in [2.45, 2.75) is 22.9 Å². The monoisotopic (exact) mass is 422 g/mol. The number of sulfonamides is 2. The molecular formula is C16H17F3N2O4S2. The van der Waals surface area contributed by atoms with Gasteiger partial charge in [0.05, 0.1) is 21.0 Å². The minimum Gasteiger partial charge on any atom is -0.279 e. The molecule has 1 N–H and O–H groups in total. The second-order valence-corrected chi connectivity index (χ2v) is 9.73. The van der Waals surface area contributed by atoms with Crippen molar-refractivity contribution in [1.29, 1.82) is 0 Å². The molecule has 11 heteroatoms. The first-order valence-corrected chi connectivity index (χ1v) is 10.4. The fraction of sp³-hybridized carbons (Fsp3) is 0.250. The van der Waals surface area contributed by atoms with Crippen molar-refractivity contribution in [3.05, 3.63) is 53.6 Å². The summed E-state index contributed by atoms with van der Waals surface area (Å²) in [7, 11) is -5.32. The second kappa shape index (κ2) is 7.13. The van der Waals surface area contributed by atoms with Crippen LogP contribution in [-0.2, 0) is 26.2 Å². The second-order valence-electron chi connectivity index (χ2n) is 5.89. The fourth-order valence-corrected chi connectivity index (χ4v) is 4.16. The van der Waals surface area contributed by atoms with Crippen molar-refractivity contribution < 1.29 is 30.0 Å². The zero-order valence-electron chi connectivity index (χ0n) is 14.6. The predicted molar refractivity (Wildman–Crippen MR) is 94.3 cm³/mol. The van der Waals surface area contributed by atoms with Crippen molar-refractivity contribution in [2.75, 3.05) is 18.8 Å². The van der Waals surface area contributed by atoms with E-state index in [4.69, 9.17) is 0 Å². The highest BCUT2D eigenvalue weighted by Gasteiger charge is 2.30. The van der Waals surface area contributed by atoms with Crippen LogP contribution in [0, 0.1) is 6.92 Å². The summed E-state index contributed by atoms with van der Waals surface area (Å²) in [6.07, 6.45) is -4.58. The molecule has 0 amide bonds. The standard InChI is InChI=1S/C16H17F3N2O4S2/c1-11-4-7-14(27(24,25)21(2)3)10-15(11)20-26(22,23)13-8-5-12(6-9-13)16(17,18)19/h4-10,20H,1-3H3. The molecule has 0 radical (unpaired) electrons. The first-order valence-electron chi connectivity index (χ1n) is 7.48. The van der Waals surface area contributed by atoms with Crippen LogP contribution in [0.3, 0.4) is 0 Å². The minimum atomic E-state index is -4.58. The van der Waals surface area contributed by atoms with Crippen molar-refractivity contribution in [3.63, 3.8) is 0 Å². The quantitative estimate of drug-likeness (QED) is 0.803. The lowest BCUT2D eigenvalue weighted by Gasteiger charge is -2.15. The van der Waals surface area contributed by atoms with E-state index in [0.29, 0.717) is 17.7 Å². The molecule has 148 valence electrons. The van der Waals surface area contributed by atoms with Crippen LogP contribution in [-0.4, -0.2) is 35.2 Å². The number of hydrogen-bond acceptors (Lipinski definition) is 4. The minimum absolute atomic E-state index is 0.0119. The zero-order chi connectivity index (χ0) is 20.6. The van der Waals surface area contributed by atoms with Crippen LogP contribution in [0.1, 0.15) is 11.1 Å². The van der Waals surface area contributed by atoms with E-state index in [1.807, 2.05) is 0 Å². The molecule has 0 bridgehead atoms. The highest BCUT2D eigenvalue weighted by atomic mass is 32.2. The Kier molecular flexibility index (Phi) is 5.60. The average molecular weight is 422 g/mol. The molecule has 0 atom stereocenters. The molecule has 0 aliphatic heterocycles. The summed E-state index contributed by atoms with van der Waals surface area (Å²) in [6.45, 7) is 1.57. The molecule has 0 aliphatic rings. The molecule has 0 aromatic heterocycles. The Morgan fingerprint density at radius 3 is 1.89 bits per heavy atom. The van der Waals surface area contributed by atoms with Crippen LogP contribution >= 0.6 is 0 Å². The Bertz CT molecular complexity index is 1050. The van der Waals surface area contributed by atoms with Crippen LogP contribution < -0.4 is 4.72 Å². The maximum absolute atomic E-state index is 12.6. The van der Waals surface area contributed by atoms with Crippen molar-refractivity contribution in [3.8, 4) is 0 Å². The van der Waals surface area contributed by atoms with Gasteiger partial charge in [-0.25, -0.2) is 21.1 Å². The molecule has 2 aromatic rings. The van der Waals surface area contributed by atoms with E-state index >= 15 is 0 Å². The number of nitrogens with zero attached hydrogens (tertiary/aromatic N) is 1. The Morgan fingerprint density at radius 1 is 0.889 bits per heavy atom. The van der Waals surface area contributed by atoms with Gasteiger partial charge in [0.15, 0.2) is 0 Å². The number of rotatable bonds is 5. The summed E-state index contributed by atoms with van der Waals surface area (Å²) in [5.74, 6) is 0. The summed E-state index contributed by atoms with van der Waals surface area (Å²) >= 11 is 0. The number of nitrogens with one attached hydrogen (secondary N) is 1. The van der Waals surface area contributed by atoms with Gasteiger partial charge in [-0.3, -0.25) is 4.72 Å². The Morgan fingerprint density at radius 2 is 1.41 bits per heavy atom. The molecule has 0 unspecified atom stereocenters. The third-order valence-corrected chi connectivity index (χ3v) is 6.92. The van der Waals surface area contributed by atoms with Gasteiger partial charge >= 0.3 is 6.18 Å². The molecule has 27 heavy (non-hydrogen) atoms. The Balaban J connectivity index is 2.41. The van der Waals surface area contributed by atoms with Gasteiger partial charge in [0.1, 0.15) is 0 Å². The highest BCUT2D eigenvalue weighted by molar-refractivity contribution is 7.92. The molecule has 0 fully saturated rings. The van der Waals surface area contributed by atoms with Gasteiger partial charge < -0.3 is 0 Å². The molecule has 6 nitrogen and oxygen atoms in total. The van der Waals surface area contributed by atoms with Crippen LogP contribution in [0.4, 0.5) is 18.9 Å². The normalized spacial score (nSPS) is 13.0. The third kappa shape index (κ3) is 4.60. The number of benzene rings is 2. The molecule has 0 aliphatic carbocycles. The SMILES string of the molecule is Cc1ccc(S(=O)(=O)N(C)C)cc1NS(=O)(=O)c1ccc(C(F)(F)F)cc1. The molecule has 2 aromatic carbocycles. The van der Waals surface area contributed by atoms with E-state index < -0.39 is 31.8 Å². The molecule has 0 heterocycles. The van der Waals surface area contributed by atoms with E-state index in [0.717, 1.165) is 22.5 Å². The number of hydrogen-bond donors (Lipinski definition) is 1. The summed E-state index contributed by atoms with van der Waals surface area (Å²) in [5, 5.41) is 0. The smallest absolute Gasteiger partial charge is 0.279 e. The van der Waals surface area contributed by atoms with E-state index in [2.05, 4.69) is 4.72 Å². The number of halogens is 3. The topological polar surface area (TPSA) is 83.6 Å². The largest absolute Gasteiger partial charge is 0.416 e. The van der Waals surface area contributed by atoms with Crippen LogP contribution in [0.15, 0.2) is 52.3 Å². The van der Waals surface area contributed by atoms with E-state index in [9.17, 15) is 30.0 Å². The lowest BCUT2D eigenvalue weighted by molar-refractivity contribution is -0.137. The predicted octanol–water partition coefficient (Wildman–Crippen LogP) is 3.06. The van der Waals surface area contributed by atoms with Gasteiger partial charge in [-0.05, 0) is 48.9 Å². The van der Waals surface area contributed by atoms with Gasteiger partial charge in [-0.2, -0.15) is 13.2 Å². The highest BCUT2D eigenvalue weighted by Crippen LogP contribution is 2.30. The molecule has 0 saturated carbocycles. The van der Waals surface area contributed by atoms with Crippen LogP contribution in [0.5, 0.6) is 0 Å². The molecule has 2 rings (SSSR count). The Hall–Kier alpha value is -2.11. The van der Waals surface area contributed by atoms with E-state index in [-0.39, 0.29) is 15.5 Å². The van der Waals surface area contributed by atoms with Gasteiger partial charge in [0.25, 0.3) is 10.0 Å². The van der Waals surface area contributed by atoms with E-state index in [1.54, 1.807) is 6.92 Å². The third-order valence-electron chi connectivity index (χ3n) is 3.72. The number of anilines is 1. The van der Waals surface area contributed by atoms with Crippen molar-refractivity contribution in [2.24, 2.45) is 0 Å². The average Bonchev–Trinajstić information content (AvgIpc) is 2.55. The summed E-state index contributed by atoms with van der Waals surface area (Å²) in [6, 6.07) is 6.92. The van der Waals surface area contributed by atoms with Gasteiger partial charge in [-0.15, -0.1) is 0 Å². The fourth-order valence-electron chi connectivity index (χ4n) is 2.11.